The zero-order chi connectivity index (χ0) is 20.2. The number of carboxylic acid groups (broad SMARTS) is 1. The fourth-order valence-corrected chi connectivity index (χ4v) is 4.34. The van der Waals surface area contributed by atoms with Crippen LogP contribution in [0.3, 0.4) is 0 Å². The van der Waals surface area contributed by atoms with Crippen LogP contribution in [0.2, 0.25) is 0 Å². The van der Waals surface area contributed by atoms with E-state index in [1.807, 2.05) is 49.4 Å². The molecule has 4 rings (SSSR count). The lowest BCUT2D eigenvalue weighted by Crippen LogP contribution is -2.34. The molecule has 1 N–H and O–H groups in total. The number of hydrogen-bond donors (Lipinski definition) is 1. The zero-order valence-corrected chi connectivity index (χ0v) is 17.0. The van der Waals surface area contributed by atoms with Crippen molar-refractivity contribution < 1.29 is 19.4 Å². The molecular formula is C25H30O4. The van der Waals surface area contributed by atoms with E-state index in [1.165, 1.54) is 5.56 Å². The maximum Gasteiger partial charge on any atom is 0.306 e. The van der Waals surface area contributed by atoms with Gasteiger partial charge >= 0.3 is 5.97 Å². The van der Waals surface area contributed by atoms with Crippen molar-refractivity contribution in [1.82, 2.24) is 0 Å². The van der Waals surface area contributed by atoms with Crippen LogP contribution in [0.15, 0.2) is 54.6 Å². The van der Waals surface area contributed by atoms with Gasteiger partial charge < -0.3 is 14.6 Å². The molecule has 0 radical (unpaired) electrons. The van der Waals surface area contributed by atoms with E-state index in [0.717, 1.165) is 37.0 Å². The van der Waals surface area contributed by atoms with Gasteiger partial charge in [0, 0.05) is 0 Å². The van der Waals surface area contributed by atoms with Gasteiger partial charge in [0.15, 0.2) is 0 Å². The molecule has 2 saturated carbocycles. The maximum absolute atomic E-state index is 11.5. The second-order valence-electron chi connectivity index (χ2n) is 8.63. The first kappa shape index (κ1) is 20.0. The lowest BCUT2D eigenvalue weighted by molar-refractivity contribution is -0.142. The van der Waals surface area contributed by atoms with Crippen molar-refractivity contribution in [2.24, 2.45) is 17.8 Å². The van der Waals surface area contributed by atoms with Crippen LogP contribution in [0.4, 0.5) is 0 Å². The third kappa shape index (κ3) is 5.18. The summed E-state index contributed by atoms with van der Waals surface area (Å²) in [7, 11) is 0. The molecule has 0 aromatic heterocycles. The summed E-state index contributed by atoms with van der Waals surface area (Å²) in [4.78, 5) is 11.5. The predicted molar refractivity (Wildman–Crippen MR) is 112 cm³/mol. The van der Waals surface area contributed by atoms with Gasteiger partial charge in [-0.15, -0.1) is 0 Å². The summed E-state index contributed by atoms with van der Waals surface area (Å²) in [6, 6.07) is 18.3. The first-order valence-corrected chi connectivity index (χ1v) is 10.7. The van der Waals surface area contributed by atoms with Crippen molar-refractivity contribution in [2.45, 2.75) is 51.2 Å². The molecule has 4 nitrogen and oxygen atoms in total. The molecule has 0 amide bonds. The Morgan fingerprint density at radius 3 is 2.55 bits per heavy atom. The van der Waals surface area contributed by atoms with E-state index in [0.29, 0.717) is 31.2 Å². The Morgan fingerprint density at radius 1 is 1.10 bits per heavy atom. The lowest BCUT2D eigenvalue weighted by Gasteiger charge is -2.35. The van der Waals surface area contributed by atoms with Crippen molar-refractivity contribution in [3.8, 4) is 5.75 Å². The summed E-state index contributed by atoms with van der Waals surface area (Å²) in [5.41, 5.74) is 2.31. The van der Waals surface area contributed by atoms with Gasteiger partial charge in [-0.2, -0.15) is 0 Å². The Hall–Kier alpha value is -2.33. The van der Waals surface area contributed by atoms with Crippen LogP contribution in [0.5, 0.6) is 5.75 Å². The Labute approximate surface area is 172 Å². The van der Waals surface area contributed by atoms with Gasteiger partial charge in [0.2, 0.25) is 0 Å². The molecule has 2 aliphatic carbocycles. The van der Waals surface area contributed by atoms with Gasteiger partial charge in [-0.05, 0) is 66.7 Å². The molecule has 0 aliphatic heterocycles. The predicted octanol–water partition coefficient (Wildman–Crippen LogP) is 5.28. The Balaban J connectivity index is 1.25. The first-order chi connectivity index (χ1) is 14.1. The van der Waals surface area contributed by atoms with E-state index in [1.54, 1.807) is 0 Å². The highest BCUT2D eigenvalue weighted by Gasteiger charge is 2.38. The Bertz CT molecular complexity index is 809. The van der Waals surface area contributed by atoms with Crippen LogP contribution >= 0.6 is 0 Å². The van der Waals surface area contributed by atoms with Crippen molar-refractivity contribution in [1.29, 1.82) is 0 Å². The minimum absolute atomic E-state index is 0.0792. The van der Waals surface area contributed by atoms with Crippen LogP contribution in [-0.4, -0.2) is 23.8 Å². The third-order valence-electron chi connectivity index (χ3n) is 6.31. The highest BCUT2D eigenvalue weighted by Crippen LogP contribution is 2.47. The number of ether oxygens (including phenoxy) is 2. The van der Waals surface area contributed by atoms with E-state index in [-0.39, 0.29) is 11.8 Å². The van der Waals surface area contributed by atoms with Crippen LogP contribution < -0.4 is 4.74 Å². The standard InChI is InChI=1S/C25H30O4/c1-17(25(26)27)24(20-10-11-20)21-8-5-9-22(14-21)28-16-19-12-23(13-19)29-15-18-6-3-2-4-7-18/h2-9,14,17,19-20,23-24H,10-13,15-16H2,1H3,(H,26,27)/t17-,19?,23?,24-/m0/s1. The zero-order valence-electron chi connectivity index (χ0n) is 17.0. The van der Waals surface area contributed by atoms with E-state index in [2.05, 4.69) is 12.1 Å². The number of hydrogen-bond acceptors (Lipinski definition) is 3. The topological polar surface area (TPSA) is 55.8 Å². The van der Waals surface area contributed by atoms with Crippen molar-refractivity contribution in [2.75, 3.05) is 6.61 Å². The van der Waals surface area contributed by atoms with E-state index in [9.17, 15) is 9.90 Å². The van der Waals surface area contributed by atoms with Gasteiger partial charge in [0.05, 0.1) is 25.2 Å². The smallest absolute Gasteiger partial charge is 0.306 e. The summed E-state index contributed by atoms with van der Waals surface area (Å²) in [5.74, 6) is 0.855. The Kier molecular flexibility index (Phi) is 6.19. The molecule has 0 bridgehead atoms. The second-order valence-corrected chi connectivity index (χ2v) is 8.63. The summed E-state index contributed by atoms with van der Waals surface area (Å²) < 4.78 is 12.0. The fraction of sp³-hybridized carbons (Fsp3) is 0.480. The normalized spacial score (nSPS) is 23.1. The van der Waals surface area contributed by atoms with Gasteiger partial charge in [0.1, 0.15) is 5.75 Å². The van der Waals surface area contributed by atoms with Gasteiger partial charge in [-0.1, -0.05) is 49.4 Å². The monoisotopic (exact) mass is 394 g/mol. The van der Waals surface area contributed by atoms with E-state index in [4.69, 9.17) is 9.47 Å². The SMILES string of the molecule is C[C@H](C(=O)O)[C@H](c1cccc(OCC2CC(OCc3ccccc3)C2)c1)C1CC1. The van der Waals surface area contributed by atoms with Crippen molar-refractivity contribution >= 4 is 5.97 Å². The number of aliphatic carboxylic acids is 1. The van der Waals surface area contributed by atoms with Gasteiger partial charge in [-0.25, -0.2) is 0 Å². The minimum Gasteiger partial charge on any atom is -0.493 e. The van der Waals surface area contributed by atoms with Gasteiger partial charge in [0.25, 0.3) is 0 Å². The average Bonchev–Trinajstić information content (AvgIpc) is 3.52. The molecule has 0 unspecified atom stereocenters. The molecule has 4 heteroatoms. The number of carboxylic acids is 1. The third-order valence-corrected chi connectivity index (χ3v) is 6.31. The fourth-order valence-electron chi connectivity index (χ4n) is 4.34. The highest BCUT2D eigenvalue weighted by atomic mass is 16.5. The molecule has 2 aromatic carbocycles. The average molecular weight is 395 g/mol. The molecule has 0 saturated heterocycles. The first-order valence-electron chi connectivity index (χ1n) is 10.7. The summed E-state index contributed by atoms with van der Waals surface area (Å²) in [6.45, 7) is 3.19. The summed E-state index contributed by atoms with van der Waals surface area (Å²) in [5, 5.41) is 9.47. The Morgan fingerprint density at radius 2 is 1.86 bits per heavy atom. The lowest BCUT2D eigenvalue weighted by atomic mass is 9.82. The van der Waals surface area contributed by atoms with Crippen molar-refractivity contribution in [3.63, 3.8) is 0 Å². The molecule has 2 fully saturated rings. The van der Waals surface area contributed by atoms with Crippen molar-refractivity contribution in [3.05, 3.63) is 65.7 Å². The quantitative estimate of drug-likeness (QED) is 0.596. The van der Waals surface area contributed by atoms with Crippen LogP contribution in [0.25, 0.3) is 0 Å². The number of benzene rings is 2. The molecular weight excluding hydrogens is 364 g/mol. The number of carbonyl (C=O) groups is 1. The second kappa shape index (κ2) is 9.00. The van der Waals surface area contributed by atoms with Crippen LogP contribution in [0, 0.1) is 17.8 Å². The van der Waals surface area contributed by atoms with Crippen LogP contribution in [-0.2, 0) is 16.1 Å². The molecule has 2 aromatic rings. The minimum atomic E-state index is -0.718. The molecule has 29 heavy (non-hydrogen) atoms. The van der Waals surface area contributed by atoms with Crippen LogP contribution in [0.1, 0.15) is 49.7 Å². The summed E-state index contributed by atoms with van der Waals surface area (Å²) in [6.07, 6.45) is 4.64. The number of rotatable bonds is 10. The molecule has 154 valence electrons. The molecule has 0 heterocycles. The molecule has 0 spiro atoms. The molecule has 2 atom stereocenters. The van der Waals surface area contributed by atoms with E-state index < -0.39 is 5.97 Å². The maximum atomic E-state index is 11.5. The highest BCUT2D eigenvalue weighted by molar-refractivity contribution is 5.71. The van der Waals surface area contributed by atoms with Gasteiger partial charge in [-0.3, -0.25) is 4.79 Å². The molecule has 2 aliphatic rings. The summed E-state index contributed by atoms with van der Waals surface area (Å²) >= 11 is 0. The largest absolute Gasteiger partial charge is 0.493 e. The van der Waals surface area contributed by atoms with E-state index >= 15 is 0 Å².